The first-order valence-electron chi connectivity index (χ1n) is 6.29. The van der Waals surface area contributed by atoms with Crippen molar-refractivity contribution in [3.05, 3.63) is 59.4 Å². The van der Waals surface area contributed by atoms with Gasteiger partial charge in [-0.05, 0) is 17.7 Å². The van der Waals surface area contributed by atoms with Crippen LogP contribution < -0.4 is 11.1 Å². The molecule has 1 aromatic heterocycles. The lowest BCUT2D eigenvalue weighted by Gasteiger charge is -2.05. The Labute approximate surface area is 121 Å². The Morgan fingerprint density at radius 3 is 2.67 bits per heavy atom. The van der Waals surface area contributed by atoms with E-state index in [-0.39, 0.29) is 18.2 Å². The zero-order valence-corrected chi connectivity index (χ0v) is 11.2. The van der Waals surface area contributed by atoms with Gasteiger partial charge < -0.3 is 16.3 Å². The van der Waals surface area contributed by atoms with Gasteiger partial charge in [-0.3, -0.25) is 4.79 Å². The molecule has 0 saturated heterocycles. The Kier molecular flexibility index (Phi) is 4.81. The number of nitrogens with zero attached hydrogens (tertiary/aromatic N) is 3. The zero-order chi connectivity index (χ0) is 15.1. The highest BCUT2D eigenvalue weighted by molar-refractivity contribution is 5.97. The first-order valence-corrected chi connectivity index (χ1v) is 6.29. The summed E-state index contributed by atoms with van der Waals surface area (Å²) >= 11 is 0. The molecule has 0 saturated carbocycles. The van der Waals surface area contributed by atoms with Gasteiger partial charge in [-0.25, -0.2) is 0 Å². The minimum absolute atomic E-state index is 0.0358. The van der Waals surface area contributed by atoms with Gasteiger partial charge in [-0.1, -0.05) is 29.4 Å². The molecular formula is C14H15N5O2. The van der Waals surface area contributed by atoms with Gasteiger partial charge in [0.05, 0.1) is 18.7 Å². The number of amidine groups is 1. The molecule has 21 heavy (non-hydrogen) atoms. The second-order valence-corrected chi connectivity index (χ2v) is 4.35. The van der Waals surface area contributed by atoms with Crippen LogP contribution in [0.4, 0.5) is 0 Å². The van der Waals surface area contributed by atoms with E-state index in [1.807, 2.05) is 0 Å². The third-order valence-corrected chi connectivity index (χ3v) is 2.82. The predicted molar refractivity (Wildman–Crippen MR) is 76.5 cm³/mol. The predicted octanol–water partition coefficient (Wildman–Crippen LogP) is 0.430. The Morgan fingerprint density at radius 2 is 2.05 bits per heavy atom. The van der Waals surface area contributed by atoms with Crippen molar-refractivity contribution < 1.29 is 10.0 Å². The number of hydrogen-bond donors (Lipinski definition) is 3. The van der Waals surface area contributed by atoms with Crippen LogP contribution in [0, 0.1) is 0 Å². The van der Waals surface area contributed by atoms with E-state index in [1.165, 1.54) is 0 Å². The second-order valence-electron chi connectivity index (χ2n) is 4.35. The third-order valence-electron chi connectivity index (χ3n) is 2.82. The average Bonchev–Trinajstić information content (AvgIpc) is 2.54. The second kappa shape index (κ2) is 6.99. The molecule has 0 fully saturated rings. The van der Waals surface area contributed by atoms with E-state index < -0.39 is 0 Å². The fourth-order valence-electron chi connectivity index (χ4n) is 1.72. The molecule has 7 nitrogen and oxygen atoms in total. The van der Waals surface area contributed by atoms with E-state index in [2.05, 4.69) is 20.7 Å². The Morgan fingerprint density at radius 1 is 1.29 bits per heavy atom. The average molecular weight is 285 g/mol. The van der Waals surface area contributed by atoms with Crippen LogP contribution in [0.3, 0.4) is 0 Å². The summed E-state index contributed by atoms with van der Waals surface area (Å²) in [6.45, 7) is 0.342. The van der Waals surface area contributed by atoms with Crippen molar-refractivity contribution >= 4 is 11.7 Å². The van der Waals surface area contributed by atoms with Gasteiger partial charge in [0.1, 0.15) is 0 Å². The van der Waals surface area contributed by atoms with Gasteiger partial charge in [0.25, 0.3) is 0 Å². The lowest BCUT2D eigenvalue weighted by atomic mass is 10.1. The van der Waals surface area contributed by atoms with Crippen LogP contribution in [0.25, 0.3) is 0 Å². The van der Waals surface area contributed by atoms with Crippen LogP contribution in [0.2, 0.25) is 0 Å². The van der Waals surface area contributed by atoms with Crippen molar-refractivity contribution in [3.8, 4) is 0 Å². The monoisotopic (exact) mass is 285 g/mol. The standard InChI is InChI=1S/C14H15N5O2/c15-14(19-21)11-5-3-10(4-6-11)8-13(20)16-9-12-2-1-7-17-18-12/h1-7,21H,8-9H2,(H2,15,19)(H,16,20). The quantitative estimate of drug-likeness (QED) is 0.319. The van der Waals surface area contributed by atoms with Crippen LogP contribution in [-0.4, -0.2) is 27.1 Å². The van der Waals surface area contributed by atoms with Crippen LogP contribution in [0.1, 0.15) is 16.8 Å². The molecule has 0 bridgehead atoms. The summed E-state index contributed by atoms with van der Waals surface area (Å²) in [5.41, 5.74) is 7.60. The molecule has 1 aromatic carbocycles. The van der Waals surface area contributed by atoms with E-state index in [1.54, 1.807) is 42.6 Å². The topological polar surface area (TPSA) is 113 Å². The normalized spacial score (nSPS) is 11.1. The van der Waals surface area contributed by atoms with E-state index in [4.69, 9.17) is 10.9 Å². The zero-order valence-electron chi connectivity index (χ0n) is 11.2. The van der Waals surface area contributed by atoms with Crippen molar-refractivity contribution in [2.24, 2.45) is 10.9 Å². The number of oxime groups is 1. The van der Waals surface area contributed by atoms with E-state index >= 15 is 0 Å². The highest BCUT2D eigenvalue weighted by atomic mass is 16.4. The number of carbonyl (C=O) groups is 1. The molecule has 0 aliphatic rings. The summed E-state index contributed by atoms with van der Waals surface area (Å²) in [7, 11) is 0. The van der Waals surface area contributed by atoms with Crippen LogP contribution in [-0.2, 0) is 17.8 Å². The number of carbonyl (C=O) groups excluding carboxylic acids is 1. The Balaban J connectivity index is 1.88. The molecule has 1 amide bonds. The summed E-state index contributed by atoms with van der Waals surface area (Å²) < 4.78 is 0. The molecule has 4 N–H and O–H groups in total. The number of rotatable bonds is 5. The van der Waals surface area contributed by atoms with Crippen molar-refractivity contribution in [3.63, 3.8) is 0 Å². The summed E-state index contributed by atoms with van der Waals surface area (Å²) in [5.74, 6) is -0.0779. The lowest BCUT2D eigenvalue weighted by molar-refractivity contribution is -0.120. The summed E-state index contributed by atoms with van der Waals surface area (Å²) in [6.07, 6.45) is 1.82. The lowest BCUT2D eigenvalue weighted by Crippen LogP contribution is -2.25. The van der Waals surface area contributed by atoms with Gasteiger partial charge in [-0.2, -0.15) is 10.2 Å². The van der Waals surface area contributed by atoms with E-state index in [9.17, 15) is 4.79 Å². The van der Waals surface area contributed by atoms with Crippen molar-refractivity contribution in [2.45, 2.75) is 13.0 Å². The molecule has 7 heteroatoms. The SMILES string of the molecule is N/C(=N/O)c1ccc(CC(=O)NCc2cccnn2)cc1. The highest BCUT2D eigenvalue weighted by Crippen LogP contribution is 2.05. The minimum Gasteiger partial charge on any atom is -0.409 e. The molecule has 0 unspecified atom stereocenters. The fraction of sp³-hybridized carbons (Fsp3) is 0.143. The van der Waals surface area contributed by atoms with Crippen LogP contribution in [0.5, 0.6) is 0 Å². The number of aromatic nitrogens is 2. The number of nitrogens with two attached hydrogens (primary N) is 1. The van der Waals surface area contributed by atoms with Gasteiger partial charge in [0.2, 0.25) is 5.91 Å². The van der Waals surface area contributed by atoms with E-state index in [0.717, 1.165) is 5.56 Å². The molecular weight excluding hydrogens is 270 g/mol. The smallest absolute Gasteiger partial charge is 0.224 e. The number of nitrogens with one attached hydrogen (secondary N) is 1. The molecule has 0 aliphatic carbocycles. The van der Waals surface area contributed by atoms with Gasteiger partial charge >= 0.3 is 0 Å². The summed E-state index contributed by atoms with van der Waals surface area (Å²) in [4.78, 5) is 11.8. The molecule has 1 heterocycles. The maximum absolute atomic E-state index is 11.8. The molecule has 0 atom stereocenters. The maximum atomic E-state index is 11.8. The van der Waals surface area contributed by atoms with Crippen LogP contribution in [0.15, 0.2) is 47.8 Å². The fourth-order valence-corrected chi connectivity index (χ4v) is 1.72. The number of benzene rings is 1. The van der Waals surface area contributed by atoms with Crippen molar-refractivity contribution in [1.82, 2.24) is 15.5 Å². The molecule has 0 aliphatic heterocycles. The third kappa shape index (κ3) is 4.27. The summed E-state index contributed by atoms with van der Waals surface area (Å²) in [6, 6.07) is 10.5. The number of amides is 1. The minimum atomic E-state index is -0.114. The molecule has 0 spiro atoms. The molecule has 0 radical (unpaired) electrons. The van der Waals surface area contributed by atoms with Crippen molar-refractivity contribution in [1.29, 1.82) is 0 Å². The van der Waals surface area contributed by atoms with Gasteiger partial charge in [0, 0.05) is 11.8 Å². The number of hydrogen-bond acceptors (Lipinski definition) is 5. The molecule has 2 rings (SSSR count). The molecule has 108 valence electrons. The largest absolute Gasteiger partial charge is 0.409 e. The Hall–Kier alpha value is -2.96. The first-order chi connectivity index (χ1) is 10.2. The highest BCUT2D eigenvalue weighted by Gasteiger charge is 2.05. The molecule has 2 aromatic rings. The maximum Gasteiger partial charge on any atom is 0.224 e. The Bertz CT molecular complexity index is 626. The van der Waals surface area contributed by atoms with E-state index in [0.29, 0.717) is 17.8 Å². The van der Waals surface area contributed by atoms with Gasteiger partial charge in [-0.15, -0.1) is 0 Å². The van der Waals surface area contributed by atoms with Gasteiger partial charge in [0.15, 0.2) is 5.84 Å². The van der Waals surface area contributed by atoms with Crippen LogP contribution >= 0.6 is 0 Å². The first kappa shape index (κ1) is 14.4. The summed E-state index contributed by atoms with van der Waals surface area (Å²) in [5, 5.41) is 21.9. The van der Waals surface area contributed by atoms with Crippen molar-refractivity contribution in [2.75, 3.05) is 0 Å².